The summed E-state index contributed by atoms with van der Waals surface area (Å²) in [6.07, 6.45) is 0.0146. The van der Waals surface area contributed by atoms with Crippen molar-refractivity contribution in [2.24, 2.45) is 0 Å². The van der Waals surface area contributed by atoms with Gasteiger partial charge >= 0.3 is 0 Å². The van der Waals surface area contributed by atoms with Crippen LogP contribution in [0.5, 0.6) is 11.5 Å². The highest BCUT2D eigenvalue weighted by atomic mass is 16.5. The Hall–Kier alpha value is -2.49. The Balaban J connectivity index is 1.96. The molecule has 0 bridgehead atoms. The lowest BCUT2D eigenvalue weighted by Crippen LogP contribution is -2.37. The Morgan fingerprint density at radius 1 is 1.00 bits per heavy atom. The molecule has 128 valence electrons. The molecule has 0 saturated carbocycles. The number of carbonyl (C=O) groups excluding carboxylic acids is 1. The molecular formula is C20H25NO3. The average molecular weight is 327 g/mol. The van der Waals surface area contributed by atoms with Crippen LogP contribution in [0.4, 0.5) is 0 Å². The second-order valence-electron chi connectivity index (χ2n) is 6.11. The Labute approximate surface area is 143 Å². The minimum absolute atomic E-state index is 0.0146. The largest absolute Gasteiger partial charge is 0.491 e. The summed E-state index contributed by atoms with van der Waals surface area (Å²) in [6, 6.07) is 15.0. The number of ether oxygens (including phenoxy) is 2. The summed E-state index contributed by atoms with van der Waals surface area (Å²) in [4.78, 5) is 12.5. The molecule has 24 heavy (non-hydrogen) atoms. The summed E-state index contributed by atoms with van der Waals surface area (Å²) in [5.41, 5.74) is 1.61. The molecule has 4 nitrogen and oxygen atoms in total. The first-order valence-electron chi connectivity index (χ1n) is 8.22. The topological polar surface area (TPSA) is 47.6 Å². The van der Waals surface area contributed by atoms with Crippen LogP contribution in [0.25, 0.3) is 0 Å². The molecule has 0 aliphatic heterocycles. The van der Waals surface area contributed by atoms with Crippen molar-refractivity contribution in [2.75, 3.05) is 6.61 Å². The lowest BCUT2D eigenvalue weighted by Gasteiger charge is -2.18. The van der Waals surface area contributed by atoms with Crippen LogP contribution in [-0.2, 0) is 0 Å². The number of benzene rings is 2. The zero-order valence-corrected chi connectivity index (χ0v) is 14.7. The number of hydrogen-bond acceptors (Lipinski definition) is 3. The van der Waals surface area contributed by atoms with Crippen molar-refractivity contribution in [1.82, 2.24) is 5.32 Å². The number of aryl methyl sites for hydroxylation is 1. The van der Waals surface area contributed by atoms with Gasteiger partial charge in [0.25, 0.3) is 5.91 Å². The minimum atomic E-state index is -0.160. The Kier molecular flexibility index (Phi) is 6.24. The molecule has 0 saturated heterocycles. The lowest BCUT2D eigenvalue weighted by molar-refractivity contribution is 0.0920. The Bertz CT molecular complexity index is 682. The third-order valence-electron chi connectivity index (χ3n) is 3.45. The normalized spacial score (nSPS) is 11.9. The van der Waals surface area contributed by atoms with Gasteiger partial charge in [-0.2, -0.15) is 0 Å². The highest BCUT2D eigenvalue weighted by Crippen LogP contribution is 2.20. The van der Waals surface area contributed by atoms with Crippen LogP contribution in [0, 0.1) is 6.92 Å². The first-order chi connectivity index (χ1) is 11.5. The van der Waals surface area contributed by atoms with Crippen LogP contribution < -0.4 is 14.8 Å². The fourth-order valence-corrected chi connectivity index (χ4v) is 2.29. The molecule has 2 aromatic carbocycles. The number of nitrogens with one attached hydrogen (secondary N) is 1. The molecule has 0 fully saturated rings. The minimum Gasteiger partial charge on any atom is -0.491 e. The molecule has 0 radical (unpaired) electrons. The summed E-state index contributed by atoms with van der Waals surface area (Å²) >= 11 is 0. The van der Waals surface area contributed by atoms with Gasteiger partial charge in [-0.15, -0.1) is 0 Å². The van der Waals surface area contributed by atoms with Gasteiger partial charge < -0.3 is 14.8 Å². The fraction of sp³-hybridized carbons (Fsp3) is 0.350. The summed E-state index contributed by atoms with van der Waals surface area (Å²) in [7, 11) is 0. The second kappa shape index (κ2) is 8.39. The monoisotopic (exact) mass is 327 g/mol. The van der Waals surface area contributed by atoms with E-state index in [1.54, 1.807) is 6.07 Å². The van der Waals surface area contributed by atoms with E-state index >= 15 is 0 Å². The first-order valence-corrected chi connectivity index (χ1v) is 8.22. The van der Waals surface area contributed by atoms with E-state index in [9.17, 15) is 4.79 Å². The summed E-state index contributed by atoms with van der Waals surface area (Å²) in [6.45, 7) is 8.20. The van der Waals surface area contributed by atoms with Crippen molar-refractivity contribution in [3.8, 4) is 11.5 Å². The molecule has 0 aliphatic rings. The maximum atomic E-state index is 12.5. The van der Waals surface area contributed by atoms with E-state index in [1.165, 1.54) is 0 Å². The fourth-order valence-electron chi connectivity index (χ4n) is 2.29. The van der Waals surface area contributed by atoms with Crippen LogP contribution in [0.2, 0.25) is 0 Å². The molecule has 0 heterocycles. The van der Waals surface area contributed by atoms with Crippen molar-refractivity contribution >= 4 is 5.91 Å². The molecule has 1 atom stereocenters. The molecule has 0 aliphatic carbocycles. The van der Waals surface area contributed by atoms with Gasteiger partial charge in [0.2, 0.25) is 0 Å². The quantitative estimate of drug-likeness (QED) is 0.837. The molecule has 0 aromatic heterocycles. The van der Waals surface area contributed by atoms with Crippen LogP contribution in [0.1, 0.15) is 36.7 Å². The summed E-state index contributed by atoms with van der Waals surface area (Å²) in [5.74, 6) is 1.27. The van der Waals surface area contributed by atoms with Gasteiger partial charge in [-0.1, -0.05) is 30.3 Å². The van der Waals surface area contributed by atoms with E-state index in [2.05, 4.69) is 5.32 Å². The maximum Gasteiger partial charge on any atom is 0.255 e. The van der Waals surface area contributed by atoms with Gasteiger partial charge in [0, 0.05) is 0 Å². The highest BCUT2D eigenvalue weighted by molar-refractivity contribution is 5.97. The smallest absolute Gasteiger partial charge is 0.255 e. The van der Waals surface area contributed by atoms with Gasteiger partial charge in [-0.3, -0.25) is 4.79 Å². The van der Waals surface area contributed by atoms with Gasteiger partial charge in [0.05, 0.1) is 17.7 Å². The second-order valence-corrected chi connectivity index (χ2v) is 6.11. The summed E-state index contributed by atoms with van der Waals surface area (Å²) in [5, 5.41) is 2.96. The predicted octanol–water partition coefficient (Wildman–Crippen LogP) is 3.98. The predicted molar refractivity (Wildman–Crippen MR) is 95.8 cm³/mol. The number of carbonyl (C=O) groups is 1. The van der Waals surface area contributed by atoms with Gasteiger partial charge in [0.15, 0.2) is 0 Å². The molecular weight excluding hydrogens is 302 g/mol. The Morgan fingerprint density at radius 3 is 2.29 bits per heavy atom. The van der Waals surface area contributed by atoms with E-state index in [1.807, 2.05) is 70.2 Å². The van der Waals surface area contributed by atoms with E-state index in [4.69, 9.17) is 9.47 Å². The lowest BCUT2D eigenvalue weighted by atomic mass is 10.1. The molecule has 1 amide bonds. The van der Waals surface area contributed by atoms with Gasteiger partial charge in [-0.05, 0) is 51.5 Å². The van der Waals surface area contributed by atoms with E-state index in [0.717, 1.165) is 11.3 Å². The zero-order valence-electron chi connectivity index (χ0n) is 14.7. The highest BCUT2D eigenvalue weighted by Gasteiger charge is 2.15. The molecule has 2 rings (SSSR count). The number of rotatable bonds is 7. The standard InChI is InChI=1S/C20H25NO3/c1-14(2)24-19-12-8-6-10-17(19)20(22)21-16(4)13-23-18-11-7-5-9-15(18)3/h5-12,14,16H,13H2,1-4H3,(H,21,22). The molecule has 0 spiro atoms. The zero-order chi connectivity index (χ0) is 17.5. The number of amides is 1. The SMILES string of the molecule is Cc1ccccc1OCC(C)NC(=O)c1ccccc1OC(C)C. The van der Waals surface area contributed by atoms with Crippen LogP contribution >= 0.6 is 0 Å². The van der Waals surface area contributed by atoms with Crippen molar-refractivity contribution < 1.29 is 14.3 Å². The van der Waals surface area contributed by atoms with Gasteiger partial charge in [-0.25, -0.2) is 0 Å². The van der Waals surface area contributed by atoms with Crippen molar-refractivity contribution in [1.29, 1.82) is 0 Å². The third kappa shape index (κ3) is 5.01. The van der Waals surface area contributed by atoms with Crippen molar-refractivity contribution in [3.63, 3.8) is 0 Å². The maximum absolute atomic E-state index is 12.5. The molecule has 4 heteroatoms. The van der Waals surface area contributed by atoms with Crippen molar-refractivity contribution in [2.45, 2.75) is 39.8 Å². The van der Waals surface area contributed by atoms with Crippen LogP contribution in [0.15, 0.2) is 48.5 Å². The van der Waals surface area contributed by atoms with Gasteiger partial charge in [0.1, 0.15) is 18.1 Å². The summed E-state index contributed by atoms with van der Waals surface area (Å²) < 4.78 is 11.5. The van der Waals surface area contributed by atoms with E-state index in [0.29, 0.717) is 17.9 Å². The van der Waals surface area contributed by atoms with Crippen LogP contribution in [0.3, 0.4) is 0 Å². The third-order valence-corrected chi connectivity index (χ3v) is 3.45. The number of para-hydroxylation sites is 2. The molecule has 1 unspecified atom stereocenters. The van der Waals surface area contributed by atoms with Crippen LogP contribution in [-0.4, -0.2) is 24.7 Å². The molecule has 2 aromatic rings. The molecule has 1 N–H and O–H groups in total. The Morgan fingerprint density at radius 2 is 1.62 bits per heavy atom. The van der Waals surface area contributed by atoms with E-state index < -0.39 is 0 Å². The first kappa shape index (κ1) is 17.9. The number of hydrogen-bond donors (Lipinski definition) is 1. The van der Waals surface area contributed by atoms with Crippen molar-refractivity contribution in [3.05, 3.63) is 59.7 Å². The average Bonchev–Trinajstić information content (AvgIpc) is 2.54. The van der Waals surface area contributed by atoms with E-state index in [-0.39, 0.29) is 18.1 Å².